The molecule has 19 heavy (non-hydrogen) atoms. The molecule has 0 unspecified atom stereocenters. The Kier molecular flexibility index (Phi) is 2.99. The molecule has 0 bridgehead atoms. The molecule has 2 heteroatoms. The van der Waals surface area contributed by atoms with Crippen LogP contribution in [0.1, 0.15) is 11.1 Å². The number of para-hydroxylation sites is 1. The Morgan fingerprint density at radius 3 is 2.47 bits per heavy atom. The molecule has 0 radical (unpaired) electrons. The minimum absolute atomic E-state index is 0.326. The minimum atomic E-state index is -0.326. The maximum absolute atomic E-state index is 11.3. The van der Waals surface area contributed by atoms with Gasteiger partial charge in [-0.25, -0.2) is 4.79 Å². The first-order chi connectivity index (χ1) is 9.33. The van der Waals surface area contributed by atoms with Gasteiger partial charge in [0.1, 0.15) is 5.58 Å². The number of hydrogen-bond acceptors (Lipinski definition) is 2. The van der Waals surface area contributed by atoms with Crippen LogP contribution in [0.4, 0.5) is 0 Å². The van der Waals surface area contributed by atoms with Crippen molar-refractivity contribution in [2.75, 3.05) is 0 Å². The van der Waals surface area contributed by atoms with Crippen LogP contribution in [-0.4, -0.2) is 0 Å². The predicted molar refractivity (Wildman–Crippen MR) is 77.9 cm³/mol. The van der Waals surface area contributed by atoms with Crippen LogP contribution < -0.4 is 5.63 Å². The fourth-order valence-electron chi connectivity index (χ4n) is 2.00. The van der Waals surface area contributed by atoms with Gasteiger partial charge in [0.2, 0.25) is 0 Å². The van der Waals surface area contributed by atoms with E-state index in [1.165, 1.54) is 6.07 Å². The Morgan fingerprint density at radius 1 is 0.789 bits per heavy atom. The van der Waals surface area contributed by atoms with Crippen LogP contribution in [0.2, 0.25) is 0 Å². The molecule has 0 amide bonds. The van der Waals surface area contributed by atoms with E-state index in [1.54, 1.807) is 6.07 Å². The van der Waals surface area contributed by atoms with Crippen molar-refractivity contribution in [2.45, 2.75) is 0 Å². The van der Waals surface area contributed by atoms with Crippen LogP contribution in [0, 0.1) is 0 Å². The smallest absolute Gasteiger partial charge is 0.336 e. The summed E-state index contributed by atoms with van der Waals surface area (Å²) in [5.74, 6) is 0. The number of rotatable bonds is 2. The summed E-state index contributed by atoms with van der Waals surface area (Å²) < 4.78 is 5.27. The van der Waals surface area contributed by atoms with Crippen LogP contribution in [-0.2, 0) is 0 Å². The SMILES string of the molecule is O=c1ccc2cccc(/C=C/c3ccccc3)c2o1. The van der Waals surface area contributed by atoms with Crippen molar-refractivity contribution < 1.29 is 4.42 Å². The minimum Gasteiger partial charge on any atom is -0.422 e. The van der Waals surface area contributed by atoms with Gasteiger partial charge in [-0.2, -0.15) is 0 Å². The summed E-state index contributed by atoms with van der Waals surface area (Å²) in [6.45, 7) is 0. The van der Waals surface area contributed by atoms with Gasteiger partial charge in [-0.3, -0.25) is 0 Å². The van der Waals surface area contributed by atoms with Gasteiger partial charge < -0.3 is 4.42 Å². The van der Waals surface area contributed by atoms with E-state index < -0.39 is 0 Å². The highest BCUT2D eigenvalue weighted by Gasteiger charge is 2.00. The molecule has 1 heterocycles. The highest BCUT2D eigenvalue weighted by Crippen LogP contribution is 2.19. The fraction of sp³-hybridized carbons (Fsp3) is 0. The third-order valence-electron chi connectivity index (χ3n) is 2.93. The Morgan fingerprint density at radius 2 is 1.63 bits per heavy atom. The van der Waals surface area contributed by atoms with E-state index in [0.717, 1.165) is 16.5 Å². The Hall–Kier alpha value is -2.61. The monoisotopic (exact) mass is 248 g/mol. The lowest BCUT2D eigenvalue weighted by molar-refractivity contribution is 0.560. The molecular formula is C17H12O2. The molecule has 2 aromatic carbocycles. The summed E-state index contributed by atoms with van der Waals surface area (Å²) in [5, 5.41) is 0.926. The largest absolute Gasteiger partial charge is 0.422 e. The zero-order valence-corrected chi connectivity index (χ0v) is 10.2. The molecule has 2 nitrogen and oxygen atoms in total. The van der Waals surface area contributed by atoms with Crippen molar-refractivity contribution in [3.05, 3.63) is 82.2 Å². The molecule has 92 valence electrons. The van der Waals surface area contributed by atoms with E-state index in [-0.39, 0.29) is 5.63 Å². The fourth-order valence-corrected chi connectivity index (χ4v) is 2.00. The van der Waals surface area contributed by atoms with Crippen molar-refractivity contribution >= 4 is 23.1 Å². The van der Waals surface area contributed by atoms with Crippen LogP contribution in [0.3, 0.4) is 0 Å². The van der Waals surface area contributed by atoms with Gasteiger partial charge >= 0.3 is 5.63 Å². The second kappa shape index (κ2) is 4.94. The van der Waals surface area contributed by atoms with Gasteiger partial charge in [-0.1, -0.05) is 60.7 Å². The van der Waals surface area contributed by atoms with E-state index in [9.17, 15) is 4.79 Å². The normalized spacial score (nSPS) is 11.2. The van der Waals surface area contributed by atoms with Crippen molar-refractivity contribution in [3.63, 3.8) is 0 Å². The summed E-state index contributed by atoms with van der Waals surface area (Å²) >= 11 is 0. The van der Waals surface area contributed by atoms with Crippen LogP contribution >= 0.6 is 0 Å². The Balaban J connectivity index is 2.08. The molecule has 0 fully saturated rings. The Bertz CT molecular complexity index is 783. The van der Waals surface area contributed by atoms with Crippen LogP contribution in [0.5, 0.6) is 0 Å². The quantitative estimate of drug-likeness (QED) is 0.507. The number of benzene rings is 2. The van der Waals surface area contributed by atoms with Gasteiger partial charge in [0.25, 0.3) is 0 Å². The average Bonchev–Trinajstić information content (AvgIpc) is 2.46. The van der Waals surface area contributed by atoms with Gasteiger partial charge in [0.15, 0.2) is 0 Å². The van der Waals surface area contributed by atoms with E-state index in [1.807, 2.05) is 60.7 Å². The van der Waals surface area contributed by atoms with Gasteiger partial charge in [-0.05, 0) is 11.6 Å². The Labute approximate surface area is 110 Å². The second-order valence-electron chi connectivity index (χ2n) is 4.26. The molecule has 0 saturated heterocycles. The first-order valence-electron chi connectivity index (χ1n) is 6.09. The van der Waals surface area contributed by atoms with Crippen molar-refractivity contribution in [1.82, 2.24) is 0 Å². The molecule has 0 atom stereocenters. The van der Waals surface area contributed by atoms with Crippen molar-refractivity contribution in [1.29, 1.82) is 0 Å². The lowest BCUT2D eigenvalue weighted by Gasteiger charge is -2.00. The molecule has 0 aliphatic heterocycles. The summed E-state index contributed by atoms with van der Waals surface area (Å²) in [6.07, 6.45) is 3.96. The molecule has 1 aromatic heterocycles. The van der Waals surface area contributed by atoms with E-state index in [2.05, 4.69) is 0 Å². The summed E-state index contributed by atoms with van der Waals surface area (Å²) in [5.41, 5.74) is 2.31. The maximum atomic E-state index is 11.3. The van der Waals surface area contributed by atoms with E-state index in [4.69, 9.17) is 4.42 Å². The predicted octanol–water partition coefficient (Wildman–Crippen LogP) is 3.96. The first-order valence-corrected chi connectivity index (χ1v) is 6.09. The molecule has 3 rings (SSSR count). The van der Waals surface area contributed by atoms with E-state index in [0.29, 0.717) is 5.58 Å². The molecule has 0 spiro atoms. The maximum Gasteiger partial charge on any atom is 0.336 e. The van der Waals surface area contributed by atoms with Crippen LogP contribution in [0.25, 0.3) is 23.1 Å². The lowest BCUT2D eigenvalue weighted by Crippen LogP contribution is -1.95. The van der Waals surface area contributed by atoms with Gasteiger partial charge in [0.05, 0.1) is 0 Å². The zero-order valence-electron chi connectivity index (χ0n) is 10.2. The summed E-state index contributed by atoms with van der Waals surface area (Å²) in [6, 6.07) is 19.0. The number of hydrogen-bond donors (Lipinski definition) is 0. The topological polar surface area (TPSA) is 30.2 Å². The standard InChI is InChI=1S/C17H12O2/c18-16-12-11-15-8-4-7-14(17(15)19-16)10-9-13-5-2-1-3-6-13/h1-12H/b10-9+. The molecule has 0 N–H and O–H groups in total. The highest BCUT2D eigenvalue weighted by molar-refractivity contribution is 5.88. The van der Waals surface area contributed by atoms with Gasteiger partial charge in [-0.15, -0.1) is 0 Å². The van der Waals surface area contributed by atoms with Gasteiger partial charge in [0, 0.05) is 17.0 Å². The van der Waals surface area contributed by atoms with Crippen LogP contribution in [0.15, 0.2) is 69.9 Å². The average molecular weight is 248 g/mol. The number of fused-ring (bicyclic) bond motifs is 1. The van der Waals surface area contributed by atoms with E-state index >= 15 is 0 Å². The summed E-state index contributed by atoms with van der Waals surface area (Å²) in [7, 11) is 0. The van der Waals surface area contributed by atoms with Crippen molar-refractivity contribution in [2.24, 2.45) is 0 Å². The third kappa shape index (κ3) is 2.47. The third-order valence-corrected chi connectivity index (χ3v) is 2.93. The lowest BCUT2D eigenvalue weighted by atomic mass is 10.1. The molecule has 0 saturated carbocycles. The molecule has 0 aliphatic carbocycles. The summed E-state index contributed by atoms with van der Waals surface area (Å²) in [4.78, 5) is 11.3. The molecule has 3 aromatic rings. The first kappa shape index (κ1) is 11.5. The molecule has 0 aliphatic rings. The molecular weight excluding hydrogens is 236 g/mol. The highest BCUT2D eigenvalue weighted by atomic mass is 16.4. The second-order valence-corrected chi connectivity index (χ2v) is 4.26. The van der Waals surface area contributed by atoms with Crippen molar-refractivity contribution in [3.8, 4) is 0 Å². The zero-order chi connectivity index (χ0) is 13.1.